The molecule has 0 aliphatic rings. The van der Waals surface area contributed by atoms with E-state index in [0.717, 1.165) is 22.4 Å². The number of hydrogen-bond acceptors (Lipinski definition) is 3. The highest BCUT2D eigenvalue weighted by Crippen LogP contribution is 2.37. The summed E-state index contributed by atoms with van der Waals surface area (Å²) in [5.74, 6) is 0.774. The van der Waals surface area contributed by atoms with Crippen molar-refractivity contribution in [2.24, 2.45) is 0 Å². The molecule has 1 aromatic heterocycles. The van der Waals surface area contributed by atoms with Gasteiger partial charge in [0, 0.05) is 17.2 Å². The van der Waals surface area contributed by atoms with Crippen LogP contribution in [0.5, 0.6) is 11.5 Å². The van der Waals surface area contributed by atoms with E-state index in [-0.39, 0.29) is 5.75 Å². The summed E-state index contributed by atoms with van der Waals surface area (Å²) in [4.78, 5) is 0. The van der Waals surface area contributed by atoms with E-state index in [9.17, 15) is 5.11 Å². The zero-order valence-corrected chi connectivity index (χ0v) is 15.0. The van der Waals surface area contributed by atoms with E-state index in [1.165, 1.54) is 5.56 Å². The van der Waals surface area contributed by atoms with Gasteiger partial charge in [0.25, 0.3) is 0 Å². The molecule has 134 valence electrons. The van der Waals surface area contributed by atoms with Gasteiger partial charge in [-0.3, -0.25) is 5.10 Å². The van der Waals surface area contributed by atoms with E-state index in [1.807, 2.05) is 54.6 Å². The van der Waals surface area contributed by atoms with Crippen LogP contribution in [-0.2, 0) is 6.61 Å². The fourth-order valence-electron chi connectivity index (χ4n) is 2.99. The first-order valence-corrected chi connectivity index (χ1v) is 8.81. The predicted molar refractivity (Wildman–Crippen MR) is 107 cm³/mol. The molecule has 0 spiro atoms. The number of aromatic hydroxyl groups is 1. The maximum absolute atomic E-state index is 10.5. The Kier molecular flexibility index (Phi) is 4.62. The largest absolute Gasteiger partial charge is 0.507 e. The van der Waals surface area contributed by atoms with E-state index in [4.69, 9.17) is 4.74 Å². The Morgan fingerprint density at radius 1 is 0.926 bits per heavy atom. The van der Waals surface area contributed by atoms with E-state index < -0.39 is 0 Å². The number of phenolic OH excluding ortho intramolecular Hbond substituents is 1. The summed E-state index contributed by atoms with van der Waals surface area (Å²) in [5, 5.41) is 17.7. The van der Waals surface area contributed by atoms with Crippen LogP contribution in [0.2, 0.25) is 0 Å². The third-order valence-corrected chi connectivity index (χ3v) is 4.49. The summed E-state index contributed by atoms with van der Waals surface area (Å²) < 4.78 is 5.81. The molecule has 0 bridgehead atoms. The van der Waals surface area contributed by atoms with Crippen LogP contribution in [0.25, 0.3) is 22.4 Å². The number of ether oxygens (including phenoxy) is 1. The normalized spacial score (nSPS) is 10.7. The van der Waals surface area contributed by atoms with Gasteiger partial charge in [0.15, 0.2) is 0 Å². The molecule has 4 heteroatoms. The second-order valence-corrected chi connectivity index (χ2v) is 6.48. The number of aryl methyl sites for hydroxylation is 1. The Morgan fingerprint density at radius 3 is 2.44 bits per heavy atom. The molecule has 1 heterocycles. The average Bonchev–Trinajstić information content (AvgIpc) is 3.18. The van der Waals surface area contributed by atoms with Crippen molar-refractivity contribution in [1.29, 1.82) is 0 Å². The predicted octanol–water partition coefficient (Wildman–Crippen LogP) is 5.34. The van der Waals surface area contributed by atoms with Gasteiger partial charge in [-0.2, -0.15) is 5.10 Å². The Morgan fingerprint density at radius 2 is 1.70 bits per heavy atom. The first kappa shape index (κ1) is 16.9. The molecule has 27 heavy (non-hydrogen) atoms. The molecule has 0 atom stereocenters. The van der Waals surface area contributed by atoms with Gasteiger partial charge in [-0.25, -0.2) is 0 Å². The SMILES string of the molecule is Cc1ccc(COc2ccc(-c3[nH]ncc3-c3ccccc3)c(O)c2)cc1. The van der Waals surface area contributed by atoms with Crippen molar-refractivity contribution in [3.63, 3.8) is 0 Å². The summed E-state index contributed by atoms with van der Waals surface area (Å²) in [5.41, 5.74) is 5.76. The van der Waals surface area contributed by atoms with Crippen LogP contribution in [0, 0.1) is 6.92 Å². The first-order chi connectivity index (χ1) is 13.2. The molecule has 0 amide bonds. The van der Waals surface area contributed by atoms with Crippen molar-refractivity contribution in [3.8, 4) is 33.9 Å². The number of nitrogens with zero attached hydrogens (tertiary/aromatic N) is 1. The minimum Gasteiger partial charge on any atom is -0.507 e. The van der Waals surface area contributed by atoms with Gasteiger partial charge in [-0.05, 0) is 30.2 Å². The van der Waals surface area contributed by atoms with Gasteiger partial charge >= 0.3 is 0 Å². The van der Waals surface area contributed by atoms with Gasteiger partial charge in [-0.1, -0.05) is 60.2 Å². The molecule has 0 radical (unpaired) electrons. The van der Waals surface area contributed by atoms with Gasteiger partial charge < -0.3 is 9.84 Å². The summed E-state index contributed by atoms with van der Waals surface area (Å²) >= 11 is 0. The number of phenols is 1. The van der Waals surface area contributed by atoms with Crippen LogP contribution in [0.1, 0.15) is 11.1 Å². The van der Waals surface area contributed by atoms with Crippen LogP contribution in [0.4, 0.5) is 0 Å². The van der Waals surface area contributed by atoms with Crippen LogP contribution in [-0.4, -0.2) is 15.3 Å². The molecule has 0 fully saturated rings. The highest BCUT2D eigenvalue weighted by atomic mass is 16.5. The summed E-state index contributed by atoms with van der Waals surface area (Å²) in [6, 6.07) is 23.5. The lowest BCUT2D eigenvalue weighted by atomic mass is 10.0. The molecule has 4 nitrogen and oxygen atoms in total. The van der Waals surface area contributed by atoms with E-state index in [1.54, 1.807) is 12.3 Å². The third kappa shape index (κ3) is 3.70. The van der Waals surface area contributed by atoms with Crippen LogP contribution >= 0.6 is 0 Å². The standard InChI is InChI=1S/C23H20N2O2/c1-16-7-9-17(10-8-16)15-27-19-11-12-20(22(26)13-19)23-21(14-24-25-23)18-5-3-2-4-6-18/h2-14,26H,15H2,1H3,(H,24,25). The molecule has 0 aliphatic heterocycles. The number of rotatable bonds is 5. The van der Waals surface area contributed by atoms with Crippen molar-refractivity contribution < 1.29 is 9.84 Å². The van der Waals surface area contributed by atoms with Gasteiger partial charge in [0.2, 0.25) is 0 Å². The van der Waals surface area contributed by atoms with Crippen LogP contribution in [0.3, 0.4) is 0 Å². The number of benzene rings is 3. The molecular formula is C23H20N2O2. The summed E-state index contributed by atoms with van der Waals surface area (Å²) in [6.07, 6.45) is 1.77. The molecule has 2 N–H and O–H groups in total. The molecule has 0 aliphatic carbocycles. The molecule has 0 saturated carbocycles. The fraction of sp³-hybridized carbons (Fsp3) is 0.0870. The molecule has 0 unspecified atom stereocenters. The lowest BCUT2D eigenvalue weighted by molar-refractivity contribution is 0.304. The molecular weight excluding hydrogens is 336 g/mol. The second kappa shape index (κ2) is 7.38. The fourth-order valence-corrected chi connectivity index (χ4v) is 2.99. The Balaban J connectivity index is 1.56. The Hall–Kier alpha value is -3.53. The van der Waals surface area contributed by atoms with Crippen LogP contribution < -0.4 is 4.74 Å². The van der Waals surface area contributed by atoms with Crippen molar-refractivity contribution in [1.82, 2.24) is 10.2 Å². The number of H-pyrrole nitrogens is 1. The third-order valence-electron chi connectivity index (χ3n) is 4.49. The number of aromatic amines is 1. The van der Waals surface area contributed by atoms with Crippen molar-refractivity contribution in [2.75, 3.05) is 0 Å². The molecule has 4 rings (SSSR count). The molecule has 4 aromatic rings. The average molecular weight is 356 g/mol. The van der Waals surface area contributed by atoms with E-state index >= 15 is 0 Å². The van der Waals surface area contributed by atoms with Gasteiger partial charge in [0.05, 0.1) is 11.9 Å². The molecule has 3 aromatic carbocycles. The van der Waals surface area contributed by atoms with E-state index in [0.29, 0.717) is 17.9 Å². The number of aromatic nitrogens is 2. The number of nitrogens with one attached hydrogen (secondary N) is 1. The lowest BCUT2D eigenvalue weighted by Crippen LogP contribution is -1.95. The minimum atomic E-state index is 0.151. The first-order valence-electron chi connectivity index (χ1n) is 8.81. The highest BCUT2D eigenvalue weighted by molar-refractivity contribution is 5.83. The zero-order chi connectivity index (χ0) is 18.6. The second-order valence-electron chi connectivity index (χ2n) is 6.48. The minimum absolute atomic E-state index is 0.151. The maximum Gasteiger partial charge on any atom is 0.128 e. The quantitative estimate of drug-likeness (QED) is 0.508. The van der Waals surface area contributed by atoms with Gasteiger partial charge in [0.1, 0.15) is 18.1 Å². The van der Waals surface area contributed by atoms with Crippen molar-refractivity contribution in [2.45, 2.75) is 13.5 Å². The number of hydrogen-bond donors (Lipinski definition) is 2. The zero-order valence-electron chi connectivity index (χ0n) is 15.0. The molecule has 0 saturated heterocycles. The monoisotopic (exact) mass is 356 g/mol. The van der Waals surface area contributed by atoms with Crippen LogP contribution in [0.15, 0.2) is 79.0 Å². The topological polar surface area (TPSA) is 58.1 Å². The summed E-state index contributed by atoms with van der Waals surface area (Å²) in [7, 11) is 0. The van der Waals surface area contributed by atoms with Gasteiger partial charge in [-0.15, -0.1) is 0 Å². The lowest BCUT2D eigenvalue weighted by Gasteiger charge is -2.10. The Bertz CT molecular complexity index is 1040. The smallest absolute Gasteiger partial charge is 0.128 e. The van der Waals surface area contributed by atoms with E-state index in [2.05, 4.69) is 29.3 Å². The van der Waals surface area contributed by atoms with Crippen molar-refractivity contribution in [3.05, 3.63) is 90.1 Å². The summed E-state index contributed by atoms with van der Waals surface area (Å²) in [6.45, 7) is 2.51. The maximum atomic E-state index is 10.5. The highest BCUT2D eigenvalue weighted by Gasteiger charge is 2.14. The Labute approximate surface area is 158 Å². The van der Waals surface area contributed by atoms with Crippen molar-refractivity contribution >= 4 is 0 Å².